The zero-order valence-electron chi connectivity index (χ0n) is 9.72. The number of hydrogen-bond acceptors (Lipinski definition) is 2. The van der Waals surface area contributed by atoms with Crippen molar-refractivity contribution in [1.29, 1.82) is 5.41 Å². The average molecular weight is 233 g/mol. The first-order valence-electron chi connectivity index (χ1n) is 5.97. The minimum Gasteiger partial charge on any atom is -0.321 e. The summed E-state index contributed by atoms with van der Waals surface area (Å²) >= 11 is 0. The Bertz CT molecular complexity index is 831. The monoisotopic (exact) mass is 233 g/mol. The number of fused-ring (bicyclic) bond motifs is 5. The Morgan fingerprint density at radius 2 is 1.78 bits per heavy atom. The second kappa shape index (κ2) is 3.29. The Morgan fingerprint density at radius 3 is 2.72 bits per heavy atom. The molecule has 4 rings (SSSR count). The van der Waals surface area contributed by atoms with E-state index >= 15 is 0 Å². The van der Waals surface area contributed by atoms with Crippen molar-refractivity contribution in [3.8, 4) is 11.4 Å². The smallest absolute Gasteiger partial charge is 0.156 e. The number of rotatable bonds is 0. The lowest BCUT2D eigenvalue weighted by Gasteiger charge is -2.08. The first kappa shape index (κ1) is 9.59. The van der Waals surface area contributed by atoms with Crippen LogP contribution in [-0.4, -0.2) is 9.55 Å². The van der Waals surface area contributed by atoms with Gasteiger partial charge in [0.15, 0.2) is 5.49 Å². The average Bonchev–Trinajstić information content (AvgIpc) is 2.78. The van der Waals surface area contributed by atoms with E-state index in [1.807, 2.05) is 24.3 Å². The van der Waals surface area contributed by atoms with Crippen molar-refractivity contribution < 1.29 is 0 Å². The molecule has 0 saturated heterocycles. The first-order chi connectivity index (χ1) is 8.84. The summed E-state index contributed by atoms with van der Waals surface area (Å²) in [5.74, 6) is 0.911. The third-order valence-electron chi connectivity index (χ3n) is 3.51. The van der Waals surface area contributed by atoms with E-state index < -0.39 is 0 Å². The molecule has 18 heavy (non-hydrogen) atoms. The molecule has 0 radical (unpaired) electrons. The summed E-state index contributed by atoms with van der Waals surface area (Å²) in [7, 11) is 0. The van der Waals surface area contributed by atoms with Crippen molar-refractivity contribution in [1.82, 2.24) is 9.55 Å². The molecule has 1 aliphatic heterocycles. The predicted molar refractivity (Wildman–Crippen MR) is 70.1 cm³/mol. The van der Waals surface area contributed by atoms with Crippen LogP contribution in [0.25, 0.3) is 22.3 Å². The maximum Gasteiger partial charge on any atom is 0.156 e. The van der Waals surface area contributed by atoms with Gasteiger partial charge < -0.3 is 4.57 Å². The Hall–Kier alpha value is -2.42. The Balaban J connectivity index is 2.18. The van der Waals surface area contributed by atoms with Gasteiger partial charge in [0.25, 0.3) is 0 Å². The molecule has 0 aliphatic carbocycles. The van der Waals surface area contributed by atoms with E-state index in [-0.39, 0.29) is 0 Å². The normalized spacial score (nSPS) is 12.4. The van der Waals surface area contributed by atoms with Crippen LogP contribution in [0.1, 0.15) is 5.56 Å². The minimum atomic E-state index is 0.355. The maximum atomic E-state index is 8.05. The standard InChI is InChI=1S/C15H11N3/c16-14-12-7-3-4-8-13(12)18-9-10-5-1-2-6-11(10)15(18)17-14/h1-8,16H,9H2. The van der Waals surface area contributed by atoms with Gasteiger partial charge in [-0.3, -0.25) is 5.41 Å². The largest absolute Gasteiger partial charge is 0.321 e. The number of benzene rings is 2. The Kier molecular flexibility index (Phi) is 1.75. The fourth-order valence-corrected chi connectivity index (χ4v) is 2.66. The van der Waals surface area contributed by atoms with Gasteiger partial charge in [0.2, 0.25) is 0 Å². The molecule has 0 atom stereocenters. The molecule has 86 valence electrons. The zero-order chi connectivity index (χ0) is 12.1. The first-order valence-corrected chi connectivity index (χ1v) is 5.97. The molecular weight excluding hydrogens is 222 g/mol. The second-order valence-corrected chi connectivity index (χ2v) is 4.54. The minimum absolute atomic E-state index is 0.355. The summed E-state index contributed by atoms with van der Waals surface area (Å²) in [4.78, 5) is 4.45. The number of nitrogens with zero attached hydrogens (tertiary/aromatic N) is 2. The third-order valence-corrected chi connectivity index (χ3v) is 3.51. The van der Waals surface area contributed by atoms with Crippen LogP contribution < -0.4 is 5.49 Å². The van der Waals surface area contributed by atoms with Crippen LogP contribution in [0.3, 0.4) is 0 Å². The van der Waals surface area contributed by atoms with Crippen LogP contribution in [0.2, 0.25) is 0 Å². The highest BCUT2D eigenvalue weighted by Gasteiger charge is 2.20. The van der Waals surface area contributed by atoms with Gasteiger partial charge in [-0.25, -0.2) is 4.98 Å². The number of para-hydroxylation sites is 1. The predicted octanol–water partition coefficient (Wildman–Crippen LogP) is 2.54. The summed E-state index contributed by atoms with van der Waals surface area (Å²) in [5, 5.41) is 8.96. The lowest BCUT2D eigenvalue weighted by atomic mass is 10.1. The van der Waals surface area contributed by atoms with E-state index in [9.17, 15) is 0 Å². The van der Waals surface area contributed by atoms with Crippen molar-refractivity contribution in [3.63, 3.8) is 0 Å². The van der Waals surface area contributed by atoms with Gasteiger partial charge >= 0.3 is 0 Å². The fourth-order valence-electron chi connectivity index (χ4n) is 2.66. The molecule has 0 unspecified atom stereocenters. The van der Waals surface area contributed by atoms with E-state index in [4.69, 9.17) is 5.41 Å². The summed E-state index contributed by atoms with van der Waals surface area (Å²) < 4.78 is 2.19. The summed E-state index contributed by atoms with van der Waals surface area (Å²) in [5.41, 5.74) is 3.87. The van der Waals surface area contributed by atoms with Gasteiger partial charge in [0.05, 0.1) is 12.1 Å². The van der Waals surface area contributed by atoms with Gasteiger partial charge in [0.1, 0.15) is 5.82 Å². The molecular formula is C15H11N3. The molecule has 1 aromatic heterocycles. The molecule has 0 saturated carbocycles. The molecule has 0 bridgehead atoms. The third kappa shape index (κ3) is 1.13. The molecule has 0 fully saturated rings. The van der Waals surface area contributed by atoms with Crippen LogP contribution in [0.5, 0.6) is 0 Å². The highest BCUT2D eigenvalue weighted by atomic mass is 15.1. The number of aromatic nitrogens is 2. The van der Waals surface area contributed by atoms with Crippen LogP contribution in [-0.2, 0) is 6.54 Å². The molecule has 2 aromatic carbocycles. The summed E-state index contributed by atoms with van der Waals surface area (Å²) in [6.07, 6.45) is 0. The topological polar surface area (TPSA) is 41.7 Å². The van der Waals surface area contributed by atoms with Crippen LogP contribution in [0.15, 0.2) is 48.5 Å². The van der Waals surface area contributed by atoms with Gasteiger partial charge in [-0.15, -0.1) is 0 Å². The van der Waals surface area contributed by atoms with E-state index in [1.165, 1.54) is 5.56 Å². The highest BCUT2D eigenvalue weighted by Crippen LogP contribution is 2.31. The van der Waals surface area contributed by atoms with Crippen molar-refractivity contribution >= 4 is 10.9 Å². The Labute approximate surface area is 104 Å². The second-order valence-electron chi connectivity index (χ2n) is 4.54. The van der Waals surface area contributed by atoms with Gasteiger partial charge in [-0.05, 0) is 17.7 Å². The zero-order valence-corrected chi connectivity index (χ0v) is 9.72. The molecule has 2 heterocycles. The van der Waals surface area contributed by atoms with Crippen molar-refractivity contribution in [3.05, 3.63) is 59.6 Å². The van der Waals surface area contributed by atoms with Gasteiger partial charge in [-0.1, -0.05) is 36.4 Å². The molecule has 0 amide bonds. The van der Waals surface area contributed by atoms with E-state index in [0.29, 0.717) is 5.49 Å². The molecule has 3 heteroatoms. The van der Waals surface area contributed by atoms with Crippen LogP contribution >= 0.6 is 0 Å². The molecule has 1 N–H and O–H groups in total. The van der Waals surface area contributed by atoms with Gasteiger partial charge in [-0.2, -0.15) is 0 Å². The van der Waals surface area contributed by atoms with Gasteiger partial charge in [0, 0.05) is 10.9 Å². The van der Waals surface area contributed by atoms with Crippen LogP contribution in [0.4, 0.5) is 0 Å². The highest BCUT2D eigenvalue weighted by molar-refractivity contribution is 5.82. The van der Waals surface area contributed by atoms with Crippen molar-refractivity contribution in [2.75, 3.05) is 0 Å². The molecule has 1 aliphatic rings. The molecule has 0 spiro atoms. The number of hydrogen-bond donors (Lipinski definition) is 1. The Morgan fingerprint density at radius 1 is 1.00 bits per heavy atom. The van der Waals surface area contributed by atoms with Crippen molar-refractivity contribution in [2.45, 2.75) is 6.54 Å². The summed E-state index contributed by atoms with van der Waals surface area (Å²) in [6, 6.07) is 16.3. The quantitative estimate of drug-likeness (QED) is 0.498. The van der Waals surface area contributed by atoms with Crippen molar-refractivity contribution in [2.24, 2.45) is 0 Å². The lowest BCUT2D eigenvalue weighted by Crippen LogP contribution is -2.13. The molecule has 3 aromatic rings. The van der Waals surface area contributed by atoms with E-state index in [2.05, 4.69) is 33.8 Å². The summed E-state index contributed by atoms with van der Waals surface area (Å²) in [6.45, 7) is 0.847. The van der Waals surface area contributed by atoms with E-state index in [1.54, 1.807) is 0 Å². The van der Waals surface area contributed by atoms with E-state index in [0.717, 1.165) is 28.8 Å². The molecule has 3 nitrogen and oxygen atoms in total. The SMILES string of the molecule is N=c1nc2n(c3ccccc13)Cc1ccccc1-2. The fraction of sp³-hybridized carbons (Fsp3) is 0.0667. The van der Waals surface area contributed by atoms with Crippen LogP contribution in [0, 0.1) is 5.41 Å². The lowest BCUT2D eigenvalue weighted by molar-refractivity contribution is 0.847. The number of nitrogens with one attached hydrogen (secondary N) is 1. The maximum absolute atomic E-state index is 8.05.